The van der Waals surface area contributed by atoms with Gasteiger partial charge in [-0.2, -0.15) is 0 Å². The van der Waals surface area contributed by atoms with Gasteiger partial charge in [0.2, 0.25) is 0 Å². The van der Waals surface area contributed by atoms with Gasteiger partial charge in [0.15, 0.2) is 0 Å². The molecule has 7 heteroatoms. The molecule has 3 aliphatic rings. The van der Waals surface area contributed by atoms with E-state index in [0.717, 1.165) is 35.1 Å². The van der Waals surface area contributed by atoms with Crippen molar-refractivity contribution in [2.24, 2.45) is 11.8 Å². The molecule has 6 nitrogen and oxygen atoms in total. The third kappa shape index (κ3) is 4.28. The van der Waals surface area contributed by atoms with E-state index in [1.165, 1.54) is 30.6 Å². The number of nitrogens with two attached hydrogens (primary N) is 1. The first kappa shape index (κ1) is 20.4. The molecule has 2 unspecified atom stereocenters. The highest BCUT2D eigenvalue weighted by Gasteiger charge is 2.38. The highest BCUT2D eigenvalue weighted by molar-refractivity contribution is 7.17. The number of ether oxygens (including phenoxy) is 1. The SMILES string of the molecule is Nc1cccc(-c2ccc(C(=O)N3CCN(C(=O)OC4CC[C@H]5CCC5C4)CC3)s2)c1. The molecule has 31 heavy (non-hydrogen) atoms. The molecule has 0 bridgehead atoms. The molecular formula is C24H29N3O3S. The van der Waals surface area contributed by atoms with E-state index in [2.05, 4.69) is 0 Å². The van der Waals surface area contributed by atoms with Gasteiger partial charge in [-0.15, -0.1) is 11.3 Å². The van der Waals surface area contributed by atoms with Crippen LogP contribution in [0, 0.1) is 11.8 Å². The highest BCUT2D eigenvalue weighted by atomic mass is 32.1. The van der Waals surface area contributed by atoms with Crippen LogP contribution in [-0.2, 0) is 4.74 Å². The number of fused-ring (bicyclic) bond motifs is 1. The largest absolute Gasteiger partial charge is 0.446 e. The number of hydrogen-bond acceptors (Lipinski definition) is 5. The van der Waals surface area contributed by atoms with E-state index in [1.54, 1.807) is 4.90 Å². The van der Waals surface area contributed by atoms with Crippen molar-refractivity contribution in [3.05, 3.63) is 41.3 Å². The summed E-state index contributed by atoms with van der Waals surface area (Å²) in [5.74, 6) is 1.67. The van der Waals surface area contributed by atoms with Crippen molar-refractivity contribution in [1.82, 2.24) is 9.80 Å². The van der Waals surface area contributed by atoms with Gasteiger partial charge < -0.3 is 20.3 Å². The molecule has 1 aromatic carbocycles. The number of carbonyl (C=O) groups is 2. The Morgan fingerprint density at radius 1 is 0.935 bits per heavy atom. The molecule has 2 saturated carbocycles. The number of carbonyl (C=O) groups excluding carboxylic acids is 2. The van der Waals surface area contributed by atoms with E-state index < -0.39 is 0 Å². The summed E-state index contributed by atoms with van der Waals surface area (Å²) < 4.78 is 5.80. The van der Waals surface area contributed by atoms with E-state index in [9.17, 15) is 9.59 Å². The number of piperazine rings is 1. The number of benzene rings is 1. The summed E-state index contributed by atoms with van der Waals surface area (Å²) in [4.78, 5) is 30.9. The van der Waals surface area contributed by atoms with Crippen LogP contribution < -0.4 is 5.73 Å². The minimum atomic E-state index is -0.213. The summed E-state index contributed by atoms with van der Waals surface area (Å²) in [7, 11) is 0. The second-order valence-electron chi connectivity index (χ2n) is 8.98. The number of hydrogen-bond donors (Lipinski definition) is 1. The van der Waals surface area contributed by atoms with E-state index in [0.29, 0.717) is 36.7 Å². The van der Waals surface area contributed by atoms with Crippen LogP contribution in [0.1, 0.15) is 41.8 Å². The molecule has 2 heterocycles. The van der Waals surface area contributed by atoms with Crippen LogP contribution in [0.5, 0.6) is 0 Å². The monoisotopic (exact) mass is 439 g/mol. The summed E-state index contributed by atoms with van der Waals surface area (Å²) in [6, 6.07) is 11.5. The fourth-order valence-electron chi connectivity index (χ4n) is 5.06. The van der Waals surface area contributed by atoms with Gasteiger partial charge in [-0.1, -0.05) is 12.1 Å². The smallest absolute Gasteiger partial charge is 0.410 e. The van der Waals surface area contributed by atoms with Crippen molar-refractivity contribution < 1.29 is 14.3 Å². The number of rotatable bonds is 3. The summed E-state index contributed by atoms with van der Waals surface area (Å²) in [6.07, 6.45) is 5.74. The first-order valence-corrected chi connectivity index (χ1v) is 12.1. The molecule has 2 amide bonds. The molecule has 2 N–H and O–H groups in total. The van der Waals surface area contributed by atoms with Gasteiger partial charge >= 0.3 is 6.09 Å². The van der Waals surface area contributed by atoms with E-state index >= 15 is 0 Å². The Labute approximate surface area is 187 Å². The molecule has 1 aliphatic heterocycles. The molecular weight excluding hydrogens is 410 g/mol. The Bertz CT molecular complexity index is 966. The Morgan fingerprint density at radius 3 is 2.39 bits per heavy atom. The predicted octanol–water partition coefficient (Wildman–Crippen LogP) is 4.47. The maximum Gasteiger partial charge on any atom is 0.410 e. The van der Waals surface area contributed by atoms with Gasteiger partial charge in [-0.25, -0.2) is 4.79 Å². The third-order valence-electron chi connectivity index (χ3n) is 7.08. The number of amides is 2. The average Bonchev–Trinajstić information content (AvgIpc) is 3.26. The first-order chi connectivity index (χ1) is 15.1. The molecule has 3 atom stereocenters. The van der Waals surface area contributed by atoms with Crippen LogP contribution in [0.3, 0.4) is 0 Å². The molecule has 0 radical (unpaired) electrons. The maximum absolute atomic E-state index is 13.0. The summed E-state index contributed by atoms with van der Waals surface area (Å²) >= 11 is 1.48. The Hall–Kier alpha value is -2.54. The Kier molecular flexibility index (Phi) is 5.61. The molecule has 5 rings (SSSR count). The van der Waals surface area contributed by atoms with Gasteiger partial charge in [0, 0.05) is 36.7 Å². The lowest BCUT2D eigenvalue weighted by atomic mass is 9.65. The zero-order valence-electron chi connectivity index (χ0n) is 17.7. The minimum Gasteiger partial charge on any atom is -0.446 e. The lowest BCUT2D eigenvalue weighted by Crippen LogP contribution is -2.51. The van der Waals surface area contributed by atoms with Gasteiger partial charge in [0.05, 0.1) is 4.88 Å². The van der Waals surface area contributed by atoms with Gasteiger partial charge in [0.1, 0.15) is 6.10 Å². The summed E-state index contributed by atoms with van der Waals surface area (Å²) in [5.41, 5.74) is 7.61. The van der Waals surface area contributed by atoms with Crippen molar-refractivity contribution in [1.29, 1.82) is 0 Å². The van der Waals surface area contributed by atoms with Gasteiger partial charge in [-0.05, 0) is 73.8 Å². The van der Waals surface area contributed by atoms with Crippen LogP contribution >= 0.6 is 11.3 Å². The number of anilines is 1. The number of nitrogen functional groups attached to an aromatic ring is 1. The highest BCUT2D eigenvalue weighted by Crippen LogP contribution is 2.45. The van der Waals surface area contributed by atoms with Crippen LogP contribution in [0.15, 0.2) is 36.4 Å². The summed E-state index contributed by atoms with van der Waals surface area (Å²) in [5, 5.41) is 0. The van der Waals surface area contributed by atoms with Crippen molar-refractivity contribution in [2.45, 2.75) is 38.2 Å². The van der Waals surface area contributed by atoms with E-state index in [-0.39, 0.29) is 18.1 Å². The van der Waals surface area contributed by atoms with E-state index in [1.807, 2.05) is 41.3 Å². The van der Waals surface area contributed by atoms with E-state index in [4.69, 9.17) is 10.5 Å². The molecule has 1 aromatic heterocycles. The van der Waals surface area contributed by atoms with Crippen molar-refractivity contribution in [3.63, 3.8) is 0 Å². The van der Waals surface area contributed by atoms with Crippen LogP contribution in [0.4, 0.5) is 10.5 Å². The zero-order valence-corrected chi connectivity index (χ0v) is 18.5. The quantitative estimate of drug-likeness (QED) is 0.716. The standard InChI is InChI=1S/C24H29N3O3S/c25-19-3-1-2-18(14-19)21-8-9-22(31-21)23(28)26-10-12-27(13-11-26)24(29)30-20-7-6-16-4-5-17(16)15-20/h1-3,8-9,14,16-17,20H,4-7,10-13,15,25H2/t16-,17?,20?/m1/s1. The molecule has 2 aliphatic carbocycles. The Morgan fingerprint density at radius 2 is 1.68 bits per heavy atom. The average molecular weight is 440 g/mol. The van der Waals surface area contributed by atoms with Gasteiger partial charge in [-0.3, -0.25) is 4.79 Å². The normalized spacial score (nSPS) is 25.5. The molecule has 1 saturated heterocycles. The molecule has 2 aromatic rings. The minimum absolute atomic E-state index is 0.0245. The van der Waals surface area contributed by atoms with Crippen LogP contribution in [-0.4, -0.2) is 54.1 Å². The molecule has 3 fully saturated rings. The first-order valence-electron chi connectivity index (χ1n) is 11.3. The van der Waals surface area contributed by atoms with Crippen molar-refractivity contribution in [2.75, 3.05) is 31.9 Å². The second-order valence-corrected chi connectivity index (χ2v) is 10.1. The predicted molar refractivity (Wildman–Crippen MR) is 122 cm³/mol. The topological polar surface area (TPSA) is 75.9 Å². The second kappa shape index (κ2) is 8.54. The van der Waals surface area contributed by atoms with Crippen molar-refractivity contribution in [3.8, 4) is 10.4 Å². The fraction of sp³-hybridized carbons (Fsp3) is 0.500. The number of thiophene rings is 1. The number of nitrogens with zero attached hydrogens (tertiary/aromatic N) is 2. The zero-order chi connectivity index (χ0) is 21.4. The Balaban J connectivity index is 1.13. The molecule has 164 valence electrons. The lowest BCUT2D eigenvalue weighted by molar-refractivity contribution is -0.0127. The maximum atomic E-state index is 13.0. The molecule has 0 spiro atoms. The third-order valence-corrected chi connectivity index (χ3v) is 8.20. The van der Waals surface area contributed by atoms with Gasteiger partial charge in [0.25, 0.3) is 5.91 Å². The van der Waals surface area contributed by atoms with Crippen LogP contribution in [0.2, 0.25) is 0 Å². The fourth-order valence-corrected chi connectivity index (χ4v) is 6.03. The lowest BCUT2D eigenvalue weighted by Gasteiger charge is -2.43. The summed E-state index contributed by atoms with van der Waals surface area (Å²) in [6.45, 7) is 2.12. The van der Waals surface area contributed by atoms with Crippen molar-refractivity contribution >= 4 is 29.0 Å². The van der Waals surface area contributed by atoms with Crippen LogP contribution in [0.25, 0.3) is 10.4 Å².